The largest absolute Gasteiger partial charge is 0.291 e. The molecule has 0 atom stereocenters. The van der Waals surface area contributed by atoms with E-state index >= 15 is 0 Å². The van der Waals surface area contributed by atoms with Crippen LogP contribution in [0.3, 0.4) is 0 Å². The molecule has 4 aliphatic rings. The highest BCUT2D eigenvalue weighted by molar-refractivity contribution is 5.86. The van der Waals surface area contributed by atoms with Crippen LogP contribution in [0.4, 0.5) is 0 Å². The third-order valence-electron chi connectivity index (χ3n) is 5.80. The van der Waals surface area contributed by atoms with Crippen LogP contribution in [0.15, 0.2) is 36.9 Å². The molecule has 0 radical (unpaired) electrons. The maximum atomic E-state index is 10.6. The molecule has 1 aromatic rings. The lowest BCUT2D eigenvalue weighted by molar-refractivity contribution is -0.770. The first-order chi connectivity index (χ1) is 10.2. The van der Waals surface area contributed by atoms with Gasteiger partial charge in [0.15, 0.2) is 0 Å². The van der Waals surface area contributed by atoms with Crippen molar-refractivity contribution in [3.63, 3.8) is 0 Å². The highest BCUT2D eigenvalue weighted by Gasteiger charge is 2.51. The predicted octanol–water partition coefficient (Wildman–Crippen LogP) is 4.00. The number of hydroxylamine groups is 1. The summed E-state index contributed by atoms with van der Waals surface area (Å²) >= 11 is 0. The van der Waals surface area contributed by atoms with Gasteiger partial charge in [-0.05, 0) is 54.2 Å². The molecule has 0 aliphatic heterocycles. The van der Waals surface area contributed by atoms with Crippen molar-refractivity contribution >= 4 is 11.3 Å². The van der Waals surface area contributed by atoms with Gasteiger partial charge in [0.05, 0.1) is 0 Å². The van der Waals surface area contributed by atoms with Gasteiger partial charge in [-0.2, -0.15) is 0 Å². The van der Waals surface area contributed by atoms with E-state index in [-0.39, 0.29) is 0 Å². The fraction of sp³-hybridized carbons (Fsp3) is 0.526. The van der Waals surface area contributed by atoms with Crippen molar-refractivity contribution in [3.8, 4) is 0 Å². The average Bonchev–Trinajstić information content (AvgIpc) is 2.47. The second-order valence-corrected chi connectivity index (χ2v) is 7.26. The van der Waals surface area contributed by atoms with Gasteiger partial charge in [0, 0.05) is 17.4 Å². The molecule has 0 spiro atoms. The summed E-state index contributed by atoms with van der Waals surface area (Å²) in [6.45, 7) is 4.71. The molecule has 4 aliphatic carbocycles. The van der Waals surface area contributed by atoms with E-state index in [0.717, 1.165) is 23.0 Å². The summed E-state index contributed by atoms with van der Waals surface area (Å²) in [6, 6.07) is 10.2. The Labute approximate surface area is 126 Å². The van der Waals surface area contributed by atoms with E-state index in [2.05, 4.69) is 18.7 Å². The maximum absolute atomic E-state index is 10.6. The number of nitrogens with zero attached hydrogens (tertiary/aromatic N) is 1. The van der Waals surface area contributed by atoms with E-state index in [4.69, 9.17) is 0 Å². The molecule has 4 saturated carbocycles. The zero-order valence-corrected chi connectivity index (χ0v) is 12.5. The lowest BCUT2D eigenvalue weighted by Gasteiger charge is -2.47. The number of rotatable bonds is 3. The third kappa shape index (κ3) is 2.31. The van der Waals surface area contributed by atoms with Gasteiger partial charge in [-0.1, -0.05) is 36.9 Å². The molecular weight excluding hydrogens is 258 g/mol. The molecule has 0 saturated heterocycles. The van der Waals surface area contributed by atoms with E-state index in [0.29, 0.717) is 18.4 Å². The Kier molecular flexibility index (Phi) is 3.13. The Morgan fingerprint density at radius 2 is 1.57 bits per heavy atom. The van der Waals surface area contributed by atoms with Gasteiger partial charge >= 0.3 is 0 Å². The van der Waals surface area contributed by atoms with Crippen LogP contribution in [-0.4, -0.2) is 22.2 Å². The second-order valence-electron chi connectivity index (χ2n) is 7.26. The molecular formula is C19H24NO+. The topological polar surface area (TPSA) is 23.2 Å². The quantitative estimate of drug-likeness (QED) is 0.505. The molecule has 0 heterocycles. The van der Waals surface area contributed by atoms with Crippen LogP contribution in [0.1, 0.15) is 37.7 Å². The van der Waals surface area contributed by atoms with Gasteiger partial charge in [-0.25, -0.2) is 0 Å². The molecule has 21 heavy (non-hydrogen) atoms. The van der Waals surface area contributed by atoms with E-state index in [1.54, 1.807) is 4.74 Å². The fourth-order valence-corrected chi connectivity index (χ4v) is 5.13. The van der Waals surface area contributed by atoms with Crippen molar-refractivity contribution in [2.75, 3.05) is 6.54 Å². The van der Waals surface area contributed by atoms with E-state index in [9.17, 15) is 5.21 Å². The van der Waals surface area contributed by atoms with Crippen LogP contribution in [0, 0.1) is 23.7 Å². The maximum Gasteiger partial charge on any atom is 0.217 e. The average molecular weight is 282 g/mol. The molecule has 1 N–H and O–H groups in total. The van der Waals surface area contributed by atoms with Gasteiger partial charge in [-0.3, -0.25) is 5.21 Å². The Balaban J connectivity index is 1.56. The monoisotopic (exact) mass is 282 g/mol. The Hall–Kier alpha value is -1.57. The fourth-order valence-electron chi connectivity index (χ4n) is 5.13. The first-order valence-corrected chi connectivity index (χ1v) is 8.27. The van der Waals surface area contributed by atoms with Gasteiger partial charge in [-0.15, -0.1) is 0 Å². The van der Waals surface area contributed by atoms with Crippen LogP contribution in [0.2, 0.25) is 0 Å². The van der Waals surface area contributed by atoms with Crippen LogP contribution in [-0.2, 0) is 0 Å². The summed E-state index contributed by atoms with van der Waals surface area (Å²) in [4.78, 5) is 0. The van der Waals surface area contributed by atoms with E-state index < -0.39 is 0 Å². The molecule has 2 heteroatoms. The summed E-state index contributed by atoms with van der Waals surface area (Å²) < 4.78 is 1.54. The highest BCUT2D eigenvalue weighted by atomic mass is 16.5. The highest BCUT2D eigenvalue weighted by Crippen LogP contribution is 2.52. The molecule has 0 amide bonds. The Bertz CT molecular complexity index is 557. The Morgan fingerprint density at radius 3 is 2.14 bits per heavy atom. The van der Waals surface area contributed by atoms with Crippen molar-refractivity contribution in [1.82, 2.24) is 0 Å². The van der Waals surface area contributed by atoms with Crippen molar-refractivity contribution in [2.24, 2.45) is 23.7 Å². The number of hydrogen-bond acceptors (Lipinski definition) is 1. The van der Waals surface area contributed by atoms with Crippen molar-refractivity contribution in [3.05, 3.63) is 42.5 Å². The zero-order chi connectivity index (χ0) is 14.4. The predicted molar refractivity (Wildman–Crippen MR) is 84.4 cm³/mol. The normalized spacial score (nSPS) is 33.2. The molecule has 4 fully saturated rings. The van der Waals surface area contributed by atoms with Crippen LogP contribution >= 0.6 is 0 Å². The molecule has 4 bridgehead atoms. The van der Waals surface area contributed by atoms with Gasteiger partial charge in [0.1, 0.15) is 0 Å². The summed E-state index contributed by atoms with van der Waals surface area (Å²) in [6.07, 6.45) is 6.66. The van der Waals surface area contributed by atoms with Crippen molar-refractivity contribution in [2.45, 2.75) is 32.1 Å². The summed E-state index contributed by atoms with van der Waals surface area (Å²) in [7, 11) is 0. The minimum Gasteiger partial charge on any atom is -0.291 e. The molecule has 1 aromatic carbocycles. The SMILES string of the molecule is C=C(C[N+](O)=C1C2CC3CC(C2)CC1C3)c1ccccc1. The summed E-state index contributed by atoms with van der Waals surface area (Å²) in [5, 5.41) is 10.6. The molecule has 0 unspecified atom stereocenters. The van der Waals surface area contributed by atoms with Gasteiger partial charge in [0.25, 0.3) is 0 Å². The first-order valence-electron chi connectivity index (χ1n) is 8.27. The smallest absolute Gasteiger partial charge is 0.217 e. The van der Waals surface area contributed by atoms with Gasteiger partial charge in [0.2, 0.25) is 12.3 Å². The first kappa shape index (κ1) is 13.1. The number of benzene rings is 1. The second kappa shape index (κ2) is 5.01. The minimum absolute atomic E-state index is 0.543. The minimum atomic E-state index is 0.543. The molecule has 2 nitrogen and oxygen atoms in total. The van der Waals surface area contributed by atoms with Crippen molar-refractivity contribution < 1.29 is 9.95 Å². The third-order valence-corrected chi connectivity index (χ3v) is 5.80. The zero-order valence-electron chi connectivity index (χ0n) is 12.5. The van der Waals surface area contributed by atoms with Crippen molar-refractivity contribution in [1.29, 1.82) is 0 Å². The standard InChI is InChI=1S/C19H24NO/c1-13(16-5-3-2-4-6-16)12-20(21)19-17-8-14-7-15(10-17)11-18(19)9-14/h2-6,14-15,17-18,21H,1,7-12H2/q+1. The van der Waals surface area contributed by atoms with E-state index in [1.165, 1.54) is 37.8 Å². The molecule has 0 aromatic heterocycles. The number of hydrogen-bond donors (Lipinski definition) is 1. The molecule has 110 valence electrons. The molecule has 5 rings (SSSR count). The summed E-state index contributed by atoms with van der Waals surface area (Å²) in [5.41, 5.74) is 3.44. The summed E-state index contributed by atoms with van der Waals surface area (Å²) in [5.74, 6) is 3.13. The van der Waals surface area contributed by atoms with Crippen LogP contribution in [0.5, 0.6) is 0 Å². The van der Waals surface area contributed by atoms with Crippen LogP contribution < -0.4 is 0 Å². The van der Waals surface area contributed by atoms with Crippen LogP contribution in [0.25, 0.3) is 5.57 Å². The Morgan fingerprint density at radius 1 is 1.00 bits per heavy atom. The lowest BCUT2D eigenvalue weighted by atomic mass is 9.55. The van der Waals surface area contributed by atoms with Gasteiger partial charge < -0.3 is 0 Å². The lowest BCUT2D eigenvalue weighted by Crippen LogP contribution is -2.49. The van der Waals surface area contributed by atoms with E-state index in [1.807, 2.05) is 18.2 Å².